The van der Waals surface area contributed by atoms with E-state index >= 15 is 0 Å². The number of amides is 1. The molecule has 0 spiro atoms. The molecule has 4 heteroatoms. The van der Waals surface area contributed by atoms with E-state index in [4.69, 9.17) is 11.6 Å². The second kappa shape index (κ2) is 8.57. The second-order valence-electron chi connectivity index (χ2n) is 5.21. The summed E-state index contributed by atoms with van der Waals surface area (Å²) in [4.78, 5) is 11.8. The highest BCUT2D eigenvalue weighted by molar-refractivity contribution is 6.30. The van der Waals surface area contributed by atoms with Crippen LogP contribution in [-0.2, 0) is 17.6 Å². The molecule has 0 heterocycles. The molecule has 2 aromatic carbocycles. The Morgan fingerprint density at radius 2 is 1.64 bits per heavy atom. The predicted octanol–water partition coefficient (Wildman–Crippen LogP) is 2.99. The van der Waals surface area contributed by atoms with Crippen molar-refractivity contribution in [1.82, 2.24) is 5.32 Å². The number of nitrogens with one attached hydrogen (secondary N) is 1. The van der Waals surface area contributed by atoms with Crippen molar-refractivity contribution in [3.63, 3.8) is 0 Å². The Bertz CT molecular complexity index is 584. The van der Waals surface area contributed by atoms with Crippen molar-refractivity contribution in [2.45, 2.75) is 25.4 Å². The van der Waals surface area contributed by atoms with Crippen LogP contribution in [0.4, 0.5) is 0 Å². The number of aryl methyl sites for hydroxylation is 1. The predicted molar refractivity (Wildman–Crippen MR) is 88.9 cm³/mol. The number of benzene rings is 2. The van der Waals surface area contributed by atoms with Crippen LogP contribution in [0.2, 0.25) is 5.02 Å². The van der Waals surface area contributed by atoms with Crippen LogP contribution in [-0.4, -0.2) is 23.7 Å². The van der Waals surface area contributed by atoms with Gasteiger partial charge in [-0.05, 0) is 42.5 Å². The third-order valence-electron chi connectivity index (χ3n) is 3.48. The molecular formula is C18H20ClNO2. The molecule has 0 aliphatic rings. The van der Waals surface area contributed by atoms with Gasteiger partial charge >= 0.3 is 0 Å². The van der Waals surface area contributed by atoms with Crippen molar-refractivity contribution in [3.8, 4) is 0 Å². The van der Waals surface area contributed by atoms with E-state index in [0.717, 1.165) is 12.0 Å². The summed E-state index contributed by atoms with van der Waals surface area (Å²) in [5.41, 5.74) is 2.22. The Morgan fingerprint density at radius 3 is 2.32 bits per heavy atom. The summed E-state index contributed by atoms with van der Waals surface area (Å²) in [6.45, 7) is 0.529. The average molecular weight is 318 g/mol. The first-order valence-electron chi connectivity index (χ1n) is 7.39. The topological polar surface area (TPSA) is 49.3 Å². The summed E-state index contributed by atoms with van der Waals surface area (Å²) < 4.78 is 0. The van der Waals surface area contributed by atoms with Gasteiger partial charge in [0.2, 0.25) is 5.91 Å². The van der Waals surface area contributed by atoms with Crippen molar-refractivity contribution in [2.75, 3.05) is 6.54 Å². The number of rotatable bonds is 7. The second-order valence-corrected chi connectivity index (χ2v) is 5.64. The van der Waals surface area contributed by atoms with E-state index in [1.54, 1.807) is 0 Å². The number of aliphatic hydroxyl groups is 1. The van der Waals surface area contributed by atoms with Gasteiger partial charge in [0.05, 0.1) is 0 Å². The number of hydrogen-bond donors (Lipinski definition) is 2. The van der Waals surface area contributed by atoms with E-state index in [1.165, 1.54) is 5.56 Å². The highest BCUT2D eigenvalue weighted by atomic mass is 35.5. The molecule has 2 N–H and O–H groups in total. The van der Waals surface area contributed by atoms with Crippen LogP contribution < -0.4 is 5.32 Å². The van der Waals surface area contributed by atoms with Crippen LogP contribution in [0.15, 0.2) is 54.6 Å². The molecule has 1 atom stereocenters. The molecule has 1 amide bonds. The fraction of sp³-hybridized carbons (Fsp3) is 0.278. The smallest absolute Gasteiger partial charge is 0.248 e. The molecule has 3 nitrogen and oxygen atoms in total. The lowest BCUT2D eigenvalue weighted by Crippen LogP contribution is -2.36. The largest absolute Gasteiger partial charge is 0.383 e. The number of carbonyl (C=O) groups excluding carboxylic acids is 1. The Labute approximate surface area is 135 Å². The van der Waals surface area contributed by atoms with Crippen LogP contribution >= 0.6 is 11.6 Å². The normalized spacial score (nSPS) is 11.9. The lowest BCUT2D eigenvalue weighted by atomic mass is 10.1. The minimum Gasteiger partial charge on any atom is -0.383 e. The number of carbonyl (C=O) groups is 1. The van der Waals surface area contributed by atoms with E-state index in [0.29, 0.717) is 24.4 Å². The van der Waals surface area contributed by atoms with E-state index < -0.39 is 6.10 Å². The summed E-state index contributed by atoms with van der Waals surface area (Å²) in [5, 5.41) is 13.3. The summed E-state index contributed by atoms with van der Waals surface area (Å²) >= 11 is 5.82. The summed E-state index contributed by atoms with van der Waals surface area (Å²) in [6.07, 6.45) is 0.825. The lowest BCUT2D eigenvalue weighted by Gasteiger charge is -2.11. The summed E-state index contributed by atoms with van der Waals surface area (Å²) in [6, 6.07) is 17.4. The van der Waals surface area contributed by atoms with Crippen molar-refractivity contribution in [2.24, 2.45) is 0 Å². The Kier molecular flexibility index (Phi) is 6.44. The molecule has 0 fully saturated rings. The van der Waals surface area contributed by atoms with Crippen LogP contribution in [0.3, 0.4) is 0 Å². The first-order valence-corrected chi connectivity index (χ1v) is 7.77. The first-order chi connectivity index (χ1) is 10.6. The fourth-order valence-electron chi connectivity index (χ4n) is 2.18. The highest BCUT2D eigenvalue weighted by Gasteiger charge is 2.14. The molecule has 0 aliphatic carbocycles. The molecule has 2 aromatic rings. The molecule has 0 radical (unpaired) electrons. The molecule has 0 saturated heterocycles. The van der Waals surface area contributed by atoms with Gasteiger partial charge in [-0.25, -0.2) is 0 Å². The number of hydrogen-bond acceptors (Lipinski definition) is 2. The molecule has 2 rings (SSSR count). The van der Waals surface area contributed by atoms with Gasteiger partial charge in [-0.3, -0.25) is 4.79 Å². The minimum atomic E-state index is -0.980. The third kappa shape index (κ3) is 5.51. The molecule has 0 aliphatic heterocycles. The monoisotopic (exact) mass is 317 g/mol. The maximum atomic E-state index is 11.8. The maximum Gasteiger partial charge on any atom is 0.248 e. The third-order valence-corrected chi connectivity index (χ3v) is 3.73. The molecular weight excluding hydrogens is 298 g/mol. The molecule has 0 saturated carbocycles. The van der Waals surface area contributed by atoms with Gasteiger partial charge < -0.3 is 10.4 Å². The SMILES string of the molecule is O=C(NCCc1ccccc1)C(O)CCc1ccc(Cl)cc1. The number of halogens is 1. The van der Waals surface area contributed by atoms with Crippen LogP contribution in [0.1, 0.15) is 17.5 Å². The quantitative estimate of drug-likeness (QED) is 0.825. The van der Waals surface area contributed by atoms with E-state index in [2.05, 4.69) is 5.32 Å². The fourth-order valence-corrected chi connectivity index (χ4v) is 2.30. The molecule has 1 unspecified atom stereocenters. The van der Waals surface area contributed by atoms with Crippen molar-refractivity contribution in [1.29, 1.82) is 0 Å². The van der Waals surface area contributed by atoms with E-state index in [-0.39, 0.29) is 5.91 Å². The summed E-state index contributed by atoms with van der Waals surface area (Å²) in [5.74, 6) is -0.315. The van der Waals surface area contributed by atoms with Gasteiger partial charge in [0, 0.05) is 11.6 Å². The Hall–Kier alpha value is -1.84. The van der Waals surface area contributed by atoms with Crippen molar-refractivity contribution < 1.29 is 9.90 Å². The lowest BCUT2D eigenvalue weighted by molar-refractivity contribution is -0.129. The maximum absolute atomic E-state index is 11.8. The molecule has 22 heavy (non-hydrogen) atoms. The van der Waals surface area contributed by atoms with Crippen LogP contribution in [0.25, 0.3) is 0 Å². The van der Waals surface area contributed by atoms with Crippen LogP contribution in [0.5, 0.6) is 0 Å². The minimum absolute atomic E-state index is 0.315. The van der Waals surface area contributed by atoms with Crippen molar-refractivity contribution in [3.05, 3.63) is 70.7 Å². The van der Waals surface area contributed by atoms with Gasteiger partial charge in [-0.2, -0.15) is 0 Å². The zero-order valence-corrected chi connectivity index (χ0v) is 13.1. The van der Waals surface area contributed by atoms with Gasteiger partial charge in [0.25, 0.3) is 0 Å². The highest BCUT2D eigenvalue weighted by Crippen LogP contribution is 2.11. The Morgan fingerprint density at radius 1 is 1.00 bits per heavy atom. The van der Waals surface area contributed by atoms with E-state index in [1.807, 2.05) is 54.6 Å². The zero-order valence-electron chi connectivity index (χ0n) is 12.3. The van der Waals surface area contributed by atoms with Crippen molar-refractivity contribution >= 4 is 17.5 Å². The molecule has 0 aromatic heterocycles. The average Bonchev–Trinajstić information content (AvgIpc) is 2.55. The zero-order chi connectivity index (χ0) is 15.8. The number of aliphatic hydroxyl groups excluding tert-OH is 1. The van der Waals surface area contributed by atoms with Gasteiger partial charge in [-0.15, -0.1) is 0 Å². The summed E-state index contributed by atoms with van der Waals surface area (Å²) in [7, 11) is 0. The Balaban J connectivity index is 1.69. The van der Waals surface area contributed by atoms with Gasteiger partial charge in [0.1, 0.15) is 6.10 Å². The van der Waals surface area contributed by atoms with Crippen LogP contribution in [0, 0.1) is 0 Å². The molecule has 116 valence electrons. The molecule has 0 bridgehead atoms. The van der Waals surface area contributed by atoms with Gasteiger partial charge in [0.15, 0.2) is 0 Å². The standard InChI is InChI=1S/C18H20ClNO2/c19-16-9-6-15(7-10-16)8-11-17(21)18(22)20-13-12-14-4-2-1-3-5-14/h1-7,9-10,17,21H,8,11-13H2,(H,20,22). The van der Waals surface area contributed by atoms with Gasteiger partial charge in [-0.1, -0.05) is 54.1 Å². The first kappa shape index (κ1) is 16.5. The van der Waals surface area contributed by atoms with E-state index in [9.17, 15) is 9.90 Å².